The number of carbonyl (C=O) groups is 1. The zero-order chi connectivity index (χ0) is 16.1. The second-order valence-electron chi connectivity index (χ2n) is 5.31. The summed E-state index contributed by atoms with van der Waals surface area (Å²) in [5, 5.41) is 3.02. The first-order valence-corrected chi connectivity index (χ1v) is 8.84. The zero-order valence-corrected chi connectivity index (χ0v) is 13.9. The lowest BCUT2D eigenvalue weighted by Crippen LogP contribution is -2.50. The fraction of sp³-hybridized carbons (Fsp3) is 0.294. The fourth-order valence-corrected chi connectivity index (χ4v) is 3.22. The topological polar surface area (TPSA) is 48.5 Å². The van der Waals surface area contributed by atoms with Crippen LogP contribution in [0.1, 0.15) is 0 Å². The molecule has 2 aromatic rings. The summed E-state index contributed by atoms with van der Waals surface area (Å²) in [5.41, 5.74) is 2.04. The smallest absolute Gasteiger partial charge is 0.321 e. The summed E-state index contributed by atoms with van der Waals surface area (Å²) in [6.45, 7) is 3.11. The number of hydrogen-bond donors (Lipinski definition) is 1. The van der Waals surface area contributed by atoms with Gasteiger partial charge in [0.25, 0.3) is 0 Å². The summed E-state index contributed by atoms with van der Waals surface area (Å²) < 4.78 is 0. The number of amides is 2. The lowest BCUT2D eigenvalue weighted by Gasteiger charge is -2.36. The Morgan fingerprint density at radius 1 is 1.09 bits per heavy atom. The highest BCUT2D eigenvalue weighted by atomic mass is 32.2. The molecule has 0 radical (unpaired) electrons. The average Bonchev–Trinajstić information content (AvgIpc) is 2.63. The van der Waals surface area contributed by atoms with E-state index >= 15 is 0 Å². The Labute approximate surface area is 140 Å². The maximum absolute atomic E-state index is 12.5. The molecule has 1 N–H and O–H groups in total. The Balaban J connectivity index is 1.58. The molecule has 1 fully saturated rings. The Hall–Kier alpha value is -2.21. The van der Waals surface area contributed by atoms with Gasteiger partial charge in [-0.3, -0.25) is 4.98 Å². The number of aromatic nitrogens is 1. The van der Waals surface area contributed by atoms with Crippen molar-refractivity contribution in [2.24, 2.45) is 0 Å². The van der Waals surface area contributed by atoms with Crippen molar-refractivity contribution in [3.8, 4) is 0 Å². The average molecular weight is 328 g/mol. The number of nitrogens with one attached hydrogen (secondary N) is 1. The molecule has 1 aromatic heterocycles. The van der Waals surface area contributed by atoms with E-state index in [0.717, 1.165) is 42.4 Å². The fourth-order valence-electron chi connectivity index (χ4n) is 2.66. The van der Waals surface area contributed by atoms with Crippen molar-refractivity contribution >= 4 is 29.2 Å². The maximum Gasteiger partial charge on any atom is 0.321 e. The van der Waals surface area contributed by atoms with Crippen molar-refractivity contribution < 1.29 is 4.79 Å². The van der Waals surface area contributed by atoms with Crippen LogP contribution in [0.3, 0.4) is 0 Å². The van der Waals surface area contributed by atoms with E-state index in [1.807, 2.05) is 47.6 Å². The van der Waals surface area contributed by atoms with Gasteiger partial charge in [0, 0.05) is 49.2 Å². The molecule has 0 atom stereocenters. The number of pyridine rings is 1. The maximum atomic E-state index is 12.5. The summed E-state index contributed by atoms with van der Waals surface area (Å²) in [6, 6.07) is 11.9. The van der Waals surface area contributed by atoms with Crippen molar-refractivity contribution in [1.29, 1.82) is 0 Å². The van der Waals surface area contributed by atoms with E-state index in [9.17, 15) is 4.79 Å². The van der Waals surface area contributed by atoms with Crippen molar-refractivity contribution in [3.05, 3.63) is 48.8 Å². The van der Waals surface area contributed by atoms with E-state index in [4.69, 9.17) is 0 Å². The number of para-hydroxylation sites is 1. The van der Waals surface area contributed by atoms with Gasteiger partial charge in [-0.1, -0.05) is 12.1 Å². The minimum absolute atomic E-state index is 0.0270. The standard InChI is InChI=1S/C17H20N4OS/c1-23-16-5-3-2-4-15(16)19-17(22)21-12-10-20(11-13-21)14-6-8-18-9-7-14/h2-9H,10-13H2,1H3,(H,19,22). The number of piperazine rings is 1. The van der Waals surface area contributed by atoms with Crippen LogP contribution in [0, 0.1) is 0 Å². The van der Waals surface area contributed by atoms with Gasteiger partial charge >= 0.3 is 6.03 Å². The largest absolute Gasteiger partial charge is 0.368 e. The Kier molecular flexibility index (Phi) is 5.02. The first-order chi connectivity index (χ1) is 11.3. The van der Waals surface area contributed by atoms with Gasteiger partial charge in [-0.15, -0.1) is 11.8 Å². The highest BCUT2D eigenvalue weighted by Crippen LogP contribution is 2.25. The van der Waals surface area contributed by atoms with Crippen LogP contribution in [-0.4, -0.2) is 48.3 Å². The number of carbonyl (C=O) groups excluding carboxylic acids is 1. The van der Waals surface area contributed by atoms with Crippen LogP contribution in [0.5, 0.6) is 0 Å². The number of rotatable bonds is 3. The van der Waals surface area contributed by atoms with E-state index < -0.39 is 0 Å². The van der Waals surface area contributed by atoms with Crippen LogP contribution >= 0.6 is 11.8 Å². The number of benzene rings is 1. The first-order valence-electron chi connectivity index (χ1n) is 7.62. The molecule has 0 aliphatic carbocycles. The predicted molar refractivity (Wildman–Crippen MR) is 95.3 cm³/mol. The Morgan fingerprint density at radius 3 is 2.48 bits per heavy atom. The molecule has 0 saturated carbocycles. The highest BCUT2D eigenvalue weighted by molar-refractivity contribution is 7.98. The number of urea groups is 1. The molecule has 23 heavy (non-hydrogen) atoms. The SMILES string of the molecule is CSc1ccccc1NC(=O)N1CCN(c2ccncc2)CC1. The summed E-state index contributed by atoms with van der Waals surface area (Å²) in [6.07, 6.45) is 5.61. The quantitative estimate of drug-likeness (QED) is 0.879. The summed E-state index contributed by atoms with van der Waals surface area (Å²) >= 11 is 1.63. The van der Waals surface area contributed by atoms with Gasteiger partial charge in [0.1, 0.15) is 0 Å². The van der Waals surface area contributed by atoms with E-state index in [1.54, 1.807) is 24.2 Å². The van der Waals surface area contributed by atoms with Crippen molar-refractivity contribution in [1.82, 2.24) is 9.88 Å². The minimum atomic E-state index is -0.0270. The van der Waals surface area contributed by atoms with E-state index in [1.165, 1.54) is 0 Å². The number of nitrogens with zero attached hydrogens (tertiary/aromatic N) is 3. The monoisotopic (exact) mass is 328 g/mol. The Morgan fingerprint density at radius 2 is 1.78 bits per heavy atom. The highest BCUT2D eigenvalue weighted by Gasteiger charge is 2.21. The van der Waals surface area contributed by atoms with Crippen molar-refractivity contribution in [2.75, 3.05) is 42.7 Å². The number of anilines is 2. The molecule has 0 unspecified atom stereocenters. The molecule has 0 bridgehead atoms. The molecule has 0 spiro atoms. The molecular formula is C17H20N4OS. The van der Waals surface area contributed by atoms with Gasteiger partial charge in [-0.05, 0) is 30.5 Å². The third-order valence-corrected chi connectivity index (χ3v) is 4.74. The van der Waals surface area contributed by atoms with Crippen LogP contribution < -0.4 is 10.2 Å². The molecule has 1 aromatic carbocycles. The molecule has 2 amide bonds. The summed E-state index contributed by atoms with van der Waals surface area (Å²) in [4.78, 5) is 21.7. The molecule has 1 aliphatic heterocycles. The predicted octanol–water partition coefficient (Wildman–Crippen LogP) is 3.16. The van der Waals surface area contributed by atoms with Gasteiger partial charge in [0.2, 0.25) is 0 Å². The van der Waals surface area contributed by atoms with Gasteiger partial charge in [-0.25, -0.2) is 4.79 Å². The van der Waals surface area contributed by atoms with Crippen LogP contribution in [0.2, 0.25) is 0 Å². The third kappa shape index (κ3) is 3.76. The van der Waals surface area contributed by atoms with Gasteiger partial charge in [0.15, 0.2) is 0 Å². The van der Waals surface area contributed by atoms with Gasteiger partial charge in [0.05, 0.1) is 5.69 Å². The molecule has 6 heteroatoms. The van der Waals surface area contributed by atoms with Crippen molar-refractivity contribution in [3.63, 3.8) is 0 Å². The first kappa shape index (κ1) is 15.7. The normalized spacial score (nSPS) is 14.7. The number of hydrogen-bond acceptors (Lipinski definition) is 4. The molecule has 5 nitrogen and oxygen atoms in total. The molecule has 3 rings (SSSR count). The lowest BCUT2D eigenvalue weighted by atomic mass is 10.2. The van der Waals surface area contributed by atoms with Crippen LogP contribution in [0.15, 0.2) is 53.7 Å². The van der Waals surface area contributed by atoms with E-state index in [-0.39, 0.29) is 6.03 Å². The van der Waals surface area contributed by atoms with Crippen LogP contribution in [-0.2, 0) is 0 Å². The second-order valence-corrected chi connectivity index (χ2v) is 6.16. The molecule has 120 valence electrons. The van der Waals surface area contributed by atoms with Gasteiger partial charge < -0.3 is 15.1 Å². The molecular weight excluding hydrogens is 308 g/mol. The minimum Gasteiger partial charge on any atom is -0.368 e. The van der Waals surface area contributed by atoms with Crippen LogP contribution in [0.25, 0.3) is 0 Å². The molecule has 1 saturated heterocycles. The van der Waals surface area contributed by atoms with E-state index in [0.29, 0.717) is 0 Å². The molecule has 2 heterocycles. The Bertz CT molecular complexity index is 657. The van der Waals surface area contributed by atoms with Crippen LogP contribution in [0.4, 0.5) is 16.2 Å². The molecule has 1 aliphatic rings. The zero-order valence-electron chi connectivity index (χ0n) is 13.1. The lowest BCUT2D eigenvalue weighted by molar-refractivity contribution is 0.208. The van der Waals surface area contributed by atoms with Crippen molar-refractivity contribution in [2.45, 2.75) is 4.90 Å². The summed E-state index contributed by atoms with van der Waals surface area (Å²) in [5.74, 6) is 0. The number of thioether (sulfide) groups is 1. The van der Waals surface area contributed by atoms with E-state index in [2.05, 4.69) is 15.2 Å². The second kappa shape index (κ2) is 7.37. The summed E-state index contributed by atoms with van der Waals surface area (Å²) in [7, 11) is 0. The third-order valence-electron chi connectivity index (χ3n) is 3.94. The van der Waals surface area contributed by atoms with Gasteiger partial charge in [-0.2, -0.15) is 0 Å².